The Bertz CT molecular complexity index is 521. The molecule has 0 radical (unpaired) electrons. The Morgan fingerprint density at radius 2 is 2.09 bits per heavy atom. The van der Waals surface area contributed by atoms with Gasteiger partial charge in [-0.25, -0.2) is 4.79 Å². The first-order chi connectivity index (χ1) is 11.1. The van der Waals surface area contributed by atoms with Crippen molar-refractivity contribution in [3.63, 3.8) is 0 Å². The molecule has 0 bridgehead atoms. The van der Waals surface area contributed by atoms with E-state index in [2.05, 4.69) is 22.5 Å². The van der Waals surface area contributed by atoms with Crippen molar-refractivity contribution >= 4 is 6.03 Å². The molecule has 128 valence electrons. The van der Waals surface area contributed by atoms with Crippen molar-refractivity contribution in [3.8, 4) is 0 Å². The first-order valence-corrected chi connectivity index (χ1v) is 8.56. The molecule has 1 aromatic heterocycles. The number of urea groups is 1. The number of furan rings is 1. The minimum absolute atomic E-state index is 0.0505. The zero-order chi connectivity index (χ0) is 16.2. The second-order valence-corrected chi connectivity index (χ2v) is 6.59. The van der Waals surface area contributed by atoms with Crippen molar-refractivity contribution < 1.29 is 13.9 Å². The van der Waals surface area contributed by atoms with Gasteiger partial charge in [0.25, 0.3) is 0 Å². The van der Waals surface area contributed by atoms with E-state index in [1.165, 1.54) is 12.8 Å². The summed E-state index contributed by atoms with van der Waals surface area (Å²) in [7, 11) is 0. The van der Waals surface area contributed by atoms with Crippen LogP contribution in [-0.4, -0.2) is 49.8 Å². The van der Waals surface area contributed by atoms with E-state index in [0.717, 1.165) is 37.8 Å². The molecule has 1 aliphatic heterocycles. The molecule has 2 N–H and O–H groups in total. The van der Waals surface area contributed by atoms with Crippen LogP contribution in [0.2, 0.25) is 0 Å². The topological polar surface area (TPSA) is 66.7 Å². The Labute approximate surface area is 137 Å². The minimum atomic E-state index is -0.0917. The third-order valence-electron chi connectivity index (χ3n) is 4.72. The third-order valence-corrected chi connectivity index (χ3v) is 4.72. The number of rotatable bonds is 6. The Morgan fingerprint density at radius 3 is 2.70 bits per heavy atom. The molecule has 0 aromatic carbocycles. The van der Waals surface area contributed by atoms with Gasteiger partial charge in [-0.05, 0) is 44.7 Å². The van der Waals surface area contributed by atoms with E-state index in [-0.39, 0.29) is 18.1 Å². The van der Waals surface area contributed by atoms with Crippen molar-refractivity contribution in [1.29, 1.82) is 0 Å². The lowest BCUT2D eigenvalue weighted by atomic mass is 10.1. The molecule has 2 heterocycles. The predicted molar refractivity (Wildman–Crippen MR) is 87.3 cm³/mol. The normalized spacial score (nSPS) is 21.7. The highest BCUT2D eigenvalue weighted by molar-refractivity contribution is 5.74. The number of carbonyl (C=O) groups is 1. The van der Waals surface area contributed by atoms with E-state index >= 15 is 0 Å². The molecule has 1 aliphatic carbocycles. The van der Waals surface area contributed by atoms with Gasteiger partial charge in [-0.1, -0.05) is 0 Å². The van der Waals surface area contributed by atoms with E-state index in [4.69, 9.17) is 9.15 Å². The second kappa shape index (κ2) is 7.36. The van der Waals surface area contributed by atoms with Crippen LogP contribution in [0.15, 0.2) is 16.5 Å². The molecule has 1 saturated carbocycles. The Morgan fingerprint density at radius 1 is 1.35 bits per heavy atom. The summed E-state index contributed by atoms with van der Waals surface area (Å²) in [5.74, 6) is 2.45. The number of carbonyl (C=O) groups excluding carboxylic acids is 1. The Kier molecular flexibility index (Phi) is 5.23. The van der Waals surface area contributed by atoms with Crippen LogP contribution in [0.5, 0.6) is 0 Å². The smallest absolute Gasteiger partial charge is 0.315 e. The third kappa shape index (κ3) is 4.48. The van der Waals surface area contributed by atoms with E-state index in [0.29, 0.717) is 12.5 Å². The maximum Gasteiger partial charge on any atom is 0.315 e. The fraction of sp³-hybridized carbons (Fsp3) is 0.706. The van der Waals surface area contributed by atoms with Crippen molar-refractivity contribution in [2.75, 3.05) is 32.8 Å². The van der Waals surface area contributed by atoms with Crippen LogP contribution in [0.1, 0.15) is 37.3 Å². The van der Waals surface area contributed by atoms with E-state index in [1.54, 1.807) is 0 Å². The molecule has 0 spiro atoms. The lowest BCUT2D eigenvalue weighted by Crippen LogP contribution is -2.47. The Balaban J connectivity index is 1.57. The maximum atomic E-state index is 12.1. The van der Waals surface area contributed by atoms with Gasteiger partial charge in [-0.3, -0.25) is 4.90 Å². The van der Waals surface area contributed by atoms with E-state index < -0.39 is 0 Å². The fourth-order valence-corrected chi connectivity index (χ4v) is 3.09. The lowest BCUT2D eigenvalue weighted by molar-refractivity contribution is 0.0121. The predicted octanol–water partition coefficient (Wildman–Crippen LogP) is 2.06. The lowest BCUT2D eigenvalue weighted by Gasteiger charge is -2.33. The van der Waals surface area contributed by atoms with Crippen LogP contribution in [-0.2, 0) is 4.74 Å². The molecule has 2 aliphatic rings. The zero-order valence-electron chi connectivity index (χ0n) is 14.0. The maximum absolute atomic E-state index is 12.1. The van der Waals surface area contributed by atoms with Gasteiger partial charge in [0.15, 0.2) is 0 Å². The molecular formula is C17H27N3O3. The van der Waals surface area contributed by atoms with Gasteiger partial charge in [-0.15, -0.1) is 0 Å². The van der Waals surface area contributed by atoms with Crippen LogP contribution in [0, 0.1) is 12.8 Å². The molecule has 2 atom stereocenters. The summed E-state index contributed by atoms with van der Waals surface area (Å²) in [4.78, 5) is 14.4. The largest absolute Gasteiger partial charge is 0.465 e. The minimum Gasteiger partial charge on any atom is -0.465 e. The van der Waals surface area contributed by atoms with E-state index in [1.807, 2.05) is 19.1 Å². The van der Waals surface area contributed by atoms with Crippen LogP contribution in [0.4, 0.5) is 4.79 Å². The number of aryl methyl sites for hydroxylation is 1. The number of amides is 2. The number of ether oxygens (including phenoxy) is 1. The number of morpholine rings is 1. The zero-order valence-corrected chi connectivity index (χ0v) is 14.0. The number of hydrogen-bond donors (Lipinski definition) is 2. The summed E-state index contributed by atoms with van der Waals surface area (Å²) < 4.78 is 11.2. The van der Waals surface area contributed by atoms with Crippen molar-refractivity contribution in [1.82, 2.24) is 15.5 Å². The van der Waals surface area contributed by atoms with E-state index in [9.17, 15) is 4.79 Å². The highest BCUT2D eigenvalue weighted by Crippen LogP contribution is 2.32. The van der Waals surface area contributed by atoms with Gasteiger partial charge in [0.2, 0.25) is 0 Å². The fourth-order valence-electron chi connectivity index (χ4n) is 3.09. The van der Waals surface area contributed by atoms with Crippen molar-refractivity contribution in [2.24, 2.45) is 5.92 Å². The summed E-state index contributed by atoms with van der Waals surface area (Å²) in [6.45, 7) is 7.71. The summed E-state index contributed by atoms with van der Waals surface area (Å²) in [6.07, 6.45) is 2.45. The number of hydrogen-bond acceptors (Lipinski definition) is 4. The molecule has 3 rings (SSSR count). The molecule has 6 heteroatoms. The first-order valence-electron chi connectivity index (χ1n) is 8.56. The van der Waals surface area contributed by atoms with Gasteiger partial charge in [-0.2, -0.15) is 0 Å². The van der Waals surface area contributed by atoms with Crippen molar-refractivity contribution in [2.45, 2.75) is 38.8 Å². The van der Waals surface area contributed by atoms with Gasteiger partial charge >= 0.3 is 6.03 Å². The van der Waals surface area contributed by atoms with Crippen LogP contribution in [0.25, 0.3) is 0 Å². The second-order valence-electron chi connectivity index (χ2n) is 6.59. The quantitative estimate of drug-likeness (QED) is 0.842. The Hall–Kier alpha value is -1.53. The average Bonchev–Trinajstić information content (AvgIpc) is 3.31. The van der Waals surface area contributed by atoms with Gasteiger partial charge in [0, 0.05) is 25.7 Å². The molecule has 2 amide bonds. The summed E-state index contributed by atoms with van der Waals surface area (Å²) in [6, 6.07) is 4.18. The summed E-state index contributed by atoms with van der Waals surface area (Å²) in [5, 5.41) is 6.04. The van der Waals surface area contributed by atoms with Gasteiger partial charge in [0.05, 0.1) is 19.3 Å². The van der Waals surface area contributed by atoms with Crippen LogP contribution >= 0.6 is 0 Å². The average molecular weight is 321 g/mol. The monoisotopic (exact) mass is 321 g/mol. The molecule has 1 saturated heterocycles. The summed E-state index contributed by atoms with van der Waals surface area (Å²) >= 11 is 0. The highest BCUT2D eigenvalue weighted by Gasteiger charge is 2.30. The first kappa shape index (κ1) is 16.3. The highest BCUT2D eigenvalue weighted by atomic mass is 16.5. The standard InChI is InChI=1S/C17H27N3O3/c1-12-3-6-16(23-12)15(20-7-9-22-10-8-20)11-18-17(21)19-13(2)14-4-5-14/h3,6,13-15H,4-5,7-11H2,1-2H3,(H2,18,19,21). The molecule has 2 unspecified atom stereocenters. The van der Waals surface area contributed by atoms with Gasteiger partial charge in [0.1, 0.15) is 11.5 Å². The molecular weight excluding hydrogens is 294 g/mol. The van der Waals surface area contributed by atoms with Crippen LogP contribution < -0.4 is 10.6 Å². The molecule has 6 nitrogen and oxygen atoms in total. The number of nitrogens with one attached hydrogen (secondary N) is 2. The SMILES string of the molecule is Cc1ccc(C(CNC(=O)NC(C)C2CC2)N2CCOCC2)o1. The number of nitrogens with zero attached hydrogens (tertiary/aromatic N) is 1. The molecule has 2 fully saturated rings. The molecule has 23 heavy (non-hydrogen) atoms. The summed E-state index contributed by atoms with van der Waals surface area (Å²) in [5.41, 5.74) is 0. The molecule has 1 aromatic rings. The van der Waals surface area contributed by atoms with Gasteiger partial charge < -0.3 is 19.8 Å². The van der Waals surface area contributed by atoms with Crippen molar-refractivity contribution in [3.05, 3.63) is 23.7 Å². The van der Waals surface area contributed by atoms with Crippen LogP contribution in [0.3, 0.4) is 0 Å².